The first-order valence-electron chi connectivity index (χ1n) is 6.96. The highest BCUT2D eigenvalue weighted by Gasteiger charge is 2.18. The van der Waals surface area contributed by atoms with Crippen molar-refractivity contribution in [3.05, 3.63) is 23.8 Å². The highest BCUT2D eigenvalue weighted by atomic mass is 16.7. The van der Waals surface area contributed by atoms with Gasteiger partial charge in [0.15, 0.2) is 11.5 Å². The standard InChI is InChI=1S/C15H19NO3/c17-15(8-11-3-1-2-4-11)16-9-12-5-6-13-14(7-12)19-10-18-13/h5-7,11H,1-4,8-10H2,(H,16,17). The van der Waals surface area contributed by atoms with Crippen molar-refractivity contribution in [1.82, 2.24) is 5.32 Å². The van der Waals surface area contributed by atoms with E-state index in [-0.39, 0.29) is 12.7 Å². The molecule has 1 aliphatic carbocycles. The van der Waals surface area contributed by atoms with E-state index in [0.717, 1.165) is 17.1 Å². The van der Waals surface area contributed by atoms with Crippen molar-refractivity contribution in [3.8, 4) is 11.5 Å². The maximum Gasteiger partial charge on any atom is 0.231 e. The summed E-state index contributed by atoms with van der Waals surface area (Å²) in [6.45, 7) is 0.842. The Kier molecular flexibility index (Phi) is 3.58. The third kappa shape index (κ3) is 3.00. The molecular weight excluding hydrogens is 242 g/mol. The summed E-state index contributed by atoms with van der Waals surface area (Å²) in [4.78, 5) is 11.8. The summed E-state index contributed by atoms with van der Waals surface area (Å²) in [5, 5.41) is 2.98. The van der Waals surface area contributed by atoms with Crippen molar-refractivity contribution in [2.75, 3.05) is 6.79 Å². The number of carbonyl (C=O) groups is 1. The third-order valence-corrected chi connectivity index (χ3v) is 3.88. The second kappa shape index (κ2) is 5.51. The van der Waals surface area contributed by atoms with Gasteiger partial charge in [-0.2, -0.15) is 0 Å². The number of benzene rings is 1. The highest BCUT2D eigenvalue weighted by molar-refractivity contribution is 5.76. The SMILES string of the molecule is O=C(CC1CCCC1)NCc1ccc2c(c1)OCO2. The van der Waals surface area contributed by atoms with E-state index in [1.54, 1.807) is 0 Å². The molecule has 0 bridgehead atoms. The van der Waals surface area contributed by atoms with E-state index in [1.807, 2.05) is 18.2 Å². The molecule has 1 fully saturated rings. The van der Waals surface area contributed by atoms with E-state index in [9.17, 15) is 4.79 Å². The molecular formula is C15H19NO3. The van der Waals surface area contributed by atoms with E-state index in [2.05, 4.69) is 5.32 Å². The summed E-state index contributed by atoms with van der Waals surface area (Å²) in [5.41, 5.74) is 1.05. The first-order chi connectivity index (χ1) is 9.31. The topological polar surface area (TPSA) is 47.6 Å². The van der Waals surface area contributed by atoms with Gasteiger partial charge in [0.2, 0.25) is 12.7 Å². The molecule has 4 nitrogen and oxygen atoms in total. The fourth-order valence-electron chi connectivity index (χ4n) is 2.80. The van der Waals surface area contributed by atoms with Gasteiger partial charge in [-0.15, -0.1) is 0 Å². The number of nitrogens with one attached hydrogen (secondary N) is 1. The smallest absolute Gasteiger partial charge is 0.231 e. The van der Waals surface area contributed by atoms with Crippen LogP contribution in [0.3, 0.4) is 0 Å². The average molecular weight is 261 g/mol. The zero-order valence-corrected chi connectivity index (χ0v) is 11.0. The molecule has 2 aliphatic rings. The molecule has 0 radical (unpaired) electrons. The molecule has 19 heavy (non-hydrogen) atoms. The van der Waals surface area contributed by atoms with Crippen LogP contribution in [0.25, 0.3) is 0 Å². The molecule has 1 heterocycles. The minimum Gasteiger partial charge on any atom is -0.454 e. The first kappa shape index (κ1) is 12.3. The van der Waals surface area contributed by atoms with Crippen molar-refractivity contribution >= 4 is 5.91 Å². The predicted octanol–water partition coefficient (Wildman–Crippen LogP) is 2.61. The van der Waals surface area contributed by atoms with Crippen LogP contribution in [-0.2, 0) is 11.3 Å². The number of hydrogen-bond acceptors (Lipinski definition) is 3. The number of ether oxygens (including phenoxy) is 2. The van der Waals surface area contributed by atoms with Crippen LogP contribution in [0.1, 0.15) is 37.7 Å². The Bertz CT molecular complexity index is 466. The lowest BCUT2D eigenvalue weighted by Gasteiger charge is -2.10. The summed E-state index contributed by atoms with van der Waals surface area (Å²) in [7, 11) is 0. The zero-order chi connectivity index (χ0) is 13.1. The van der Waals surface area contributed by atoms with Crippen LogP contribution in [0.5, 0.6) is 11.5 Å². The quantitative estimate of drug-likeness (QED) is 0.906. The largest absolute Gasteiger partial charge is 0.454 e. The van der Waals surface area contributed by atoms with Gasteiger partial charge in [-0.1, -0.05) is 18.9 Å². The molecule has 102 valence electrons. The maximum absolute atomic E-state index is 11.8. The van der Waals surface area contributed by atoms with Crippen LogP contribution in [0.15, 0.2) is 18.2 Å². The Morgan fingerprint density at radius 1 is 1.21 bits per heavy atom. The second-order valence-corrected chi connectivity index (χ2v) is 5.32. The lowest BCUT2D eigenvalue weighted by atomic mass is 10.0. The monoisotopic (exact) mass is 261 g/mol. The third-order valence-electron chi connectivity index (χ3n) is 3.88. The van der Waals surface area contributed by atoms with Crippen LogP contribution in [0.2, 0.25) is 0 Å². The molecule has 1 N–H and O–H groups in total. The van der Waals surface area contributed by atoms with E-state index in [1.165, 1.54) is 25.7 Å². The molecule has 3 rings (SSSR count). The molecule has 0 saturated heterocycles. The Morgan fingerprint density at radius 2 is 2.00 bits per heavy atom. The van der Waals surface area contributed by atoms with Gasteiger partial charge in [0.1, 0.15) is 0 Å². The summed E-state index contributed by atoms with van der Waals surface area (Å²) >= 11 is 0. The van der Waals surface area contributed by atoms with E-state index in [0.29, 0.717) is 18.9 Å². The normalized spacial score (nSPS) is 17.7. The minimum atomic E-state index is 0.157. The number of rotatable bonds is 4. The van der Waals surface area contributed by atoms with Crippen LogP contribution in [0.4, 0.5) is 0 Å². The highest BCUT2D eigenvalue weighted by Crippen LogP contribution is 2.32. The maximum atomic E-state index is 11.8. The second-order valence-electron chi connectivity index (χ2n) is 5.32. The summed E-state index contributed by atoms with van der Waals surface area (Å²) < 4.78 is 10.6. The molecule has 1 amide bonds. The Labute approximate surface area is 113 Å². The van der Waals surface area contributed by atoms with Gasteiger partial charge >= 0.3 is 0 Å². The Hall–Kier alpha value is -1.71. The zero-order valence-electron chi connectivity index (χ0n) is 11.0. The number of carbonyl (C=O) groups excluding carboxylic acids is 1. The summed E-state index contributed by atoms with van der Waals surface area (Å²) in [6.07, 6.45) is 5.64. The molecule has 1 aromatic carbocycles. The lowest BCUT2D eigenvalue weighted by molar-refractivity contribution is -0.122. The summed E-state index contributed by atoms with van der Waals surface area (Å²) in [5.74, 6) is 2.30. The lowest BCUT2D eigenvalue weighted by Crippen LogP contribution is -2.24. The summed E-state index contributed by atoms with van der Waals surface area (Å²) in [6, 6.07) is 5.78. The van der Waals surface area contributed by atoms with Crippen LogP contribution in [0, 0.1) is 5.92 Å². The molecule has 4 heteroatoms. The van der Waals surface area contributed by atoms with Crippen LogP contribution >= 0.6 is 0 Å². The first-order valence-corrected chi connectivity index (χ1v) is 6.96. The van der Waals surface area contributed by atoms with Gasteiger partial charge in [0.05, 0.1) is 0 Å². The fraction of sp³-hybridized carbons (Fsp3) is 0.533. The Morgan fingerprint density at radius 3 is 2.84 bits per heavy atom. The van der Waals surface area contributed by atoms with Crippen molar-refractivity contribution in [2.24, 2.45) is 5.92 Å². The van der Waals surface area contributed by atoms with Gasteiger partial charge in [-0.3, -0.25) is 4.79 Å². The van der Waals surface area contributed by atoms with Crippen LogP contribution < -0.4 is 14.8 Å². The molecule has 1 aromatic rings. The predicted molar refractivity (Wildman–Crippen MR) is 71.0 cm³/mol. The van der Waals surface area contributed by atoms with Gasteiger partial charge in [-0.25, -0.2) is 0 Å². The van der Waals surface area contributed by atoms with Gasteiger partial charge in [-0.05, 0) is 36.5 Å². The fourth-order valence-corrected chi connectivity index (χ4v) is 2.80. The van der Waals surface area contributed by atoms with Crippen molar-refractivity contribution in [1.29, 1.82) is 0 Å². The average Bonchev–Trinajstić information content (AvgIpc) is 3.06. The van der Waals surface area contributed by atoms with Crippen molar-refractivity contribution < 1.29 is 14.3 Å². The molecule has 0 aromatic heterocycles. The van der Waals surface area contributed by atoms with E-state index >= 15 is 0 Å². The molecule has 0 spiro atoms. The van der Waals surface area contributed by atoms with Gasteiger partial charge in [0, 0.05) is 13.0 Å². The number of fused-ring (bicyclic) bond motifs is 1. The van der Waals surface area contributed by atoms with Crippen molar-refractivity contribution in [3.63, 3.8) is 0 Å². The van der Waals surface area contributed by atoms with Gasteiger partial charge in [0.25, 0.3) is 0 Å². The molecule has 1 saturated carbocycles. The van der Waals surface area contributed by atoms with Crippen LogP contribution in [-0.4, -0.2) is 12.7 Å². The Balaban J connectivity index is 1.50. The molecule has 1 aliphatic heterocycles. The molecule has 0 atom stereocenters. The van der Waals surface area contributed by atoms with Crippen molar-refractivity contribution in [2.45, 2.75) is 38.6 Å². The van der Waals surface area contributed by atoms with E-state index < -0.39 is 0 Å². The van der Waals surface area contributed by atoms with E-state index in [4.69, 9.17) is 9.47 Å². The van der Waals surface area contributed by atoms with Gasteiger partial charge < -0.3 is 14.8 Å². The molecule has 0 unspecified atom stereocenters. The minimum absolute atomic E-state index is 0.157. The number of amides is 1. The number of hydrogen-bond donors (Lipinski definition) is 1.